The number of aromatic nitrogens is 1. The van der Waals surface area contributed by atoms with E-state index in [1.54, 1.807) is 6.92 Å². The van der Waals surface area contributed by atoms with Gasteiger partial charge in [-0.25, -0.2) is 9.78 Å². The fourth-order valence-electron chi connectivity index (χ4n) is 3.15. The lowest BCUT2D eigenvalue weighted by molar-refractivity contribution is 0.0531. The minimum Gasteiger partial charge on any atom is -0.462 e. The van der Waals surface area contributed by atoms with Gasteiger partial charge in [0.15, 0.2) is 5.96 Å². The number of carbonyl (C=O) groups is 1. The van der Waals surface area contributed by atoms with Gasteiger partial charge < -0.3 is 15.4 Å². The van der Waals surface area contributed by atoms with Gasteiger partial charge in [0.1, 0.15) is 9.88 Å². The van der Waals surface area contributed by atoms with Crippen molar-refractivity contribution in [3.8, 4) is 0 Å². The van der Waals surface area contributed by atoms with Crippen molar-refractivity contribution in [2.45, 2.75) is 52.1 Å². The summed E-state index contributed by atoms with van der Waals surface area (Å²) in [5.74, 6) is 1.00. The minimum absolute atomic E-state index is 0.0569. The van der Waals surface area contributed by atoms with E-state index >= 15 is 0 Å². The summed E-state index contributed by atoms with van der Waals surface area (Å²) >= 11 is 1.38. The van der Waals surface area contributed by atoms with Crippen LogP contribution < -0.4 is 10.6 Å². The van der Waals surface area contributed by atoms with Crippen LogP contribution in [0, 0.1) is 6.92 Å². The standard InChI is InChI=1S/C21H28N4O2S/c1-5-22-21(25-17-12-16(17)15-10-8-7-9-11-15)24-14(4)19-23-13(3)18(28-19)20(26)27-6-2/h7-11,14,16-17H,5-6,12H2,1-4H3,(H2,22,24,25). The molecular formula is C21H28N4O2S. The molecule has 3 unspecified atom stereocenters. The normalized spacial score (nSPS) is 19.8. The van der Waals surface area contributed by atoms with Gasteiger partial charge in [0, 0.05) is 18.5 Å². The van der Waals surface area contributed by atoms with Gasteiger partial charge in [-0.3, -0.25) is 4.99 Å². The van der Waals surface area contributed by atoms with Gasteiger partial charge in [-0.2, -0.15) is 0 Å². The Labute approximate surface area is 170 Å². The van der Waals surface area contributed by atoms with Crippen molar-refractivity contribution in [1.29, 1.82) is 0 Å². The van der Waals surface area contributed by atoms with Gasteiger partial charge in [-0.15, -0.1) is 11.3 Å². The number of esters is 1. The first-order valence-corrected chi connectivity index (χ1v) is 10.6. The Morgan fingerprint density at radius 1 is 1.36 bits per heavy atom. The zero-order valence-electron chi connectivity index (χ0n) is 16.9. The van der Waals surface area contributed by atoms with Gasteiger partial charge in [-0.1, -0.05) is 30.3 Å². The molecule has 0 bridgehead atoms. The number of hydrogen-bond acceptors (Lipinski definition) is 5. The van der Waals surface area contributed by atoms with Crippen LogP contribution in [-0.4, -0.2) is 36.1 Å². The summed E-state index contributed by atoms with van der Waals surface area (Å²) in [4.78, 5) is 21.7. The van der Waals surface area contributed by atoms with Crippen molar-refractivity contribution in [1.82, 2.24) is 15.6 Å². The lowest BCUT2D eigenvalue weighted by Gasteiger charge is -2.17. The van der Waals surface area contributed by atoms with E-state index < -0.39 is 0 Å². The Hall–Kier alpha value is -2.41. The number of thiazole rings is 1. The number of ether oxygens (including phenoxy) is 1. The van der Waals surface area contributed by atoms with Crippen LogP contribution in [0.25, 0.3) is 0 Å². The van der Waals surface area contributed by atoms with Crippen LogP contribution in [0.3, 0.4) is 0 Å². The Bertz CT molecular complexity index is 834. The van der Waals surface area contributed by atoms with Crippen LogP contribution in [0.4, 0.5) is 0 Å². The number of aryl methyl sites for hydroxylation is 1. The van der Waals surface area contributed by atoms with Crippen molar-refractivity contribution < 1.29 is 9.53 Å². The molecule has 3 atom stereocenters. The molecule has 6 nitrogen and oxygen atoms in total. The largest absolute Gasteiger partial charge is 0.462 e. The van der Waals surface area contributed by atoms with Crippen LogP contribution in [0.2, 0.25) is 0 Å². The molecule has 1 aliphatic rings. The summed E-state index contributed by atoms with van der Waals surface area (Å²) in [6, 6.07) is 10.9. The highest BCUT2D eigenvalue weighted by Gasteiger charge is 2.39. The predicted octanol–water partition coefficient (Wildman–Crippen LogP) is 3.80. The molecule has 28 heavy (non-hydrogen) atoms. The number of guanidine groups is 1. The molecule has 7 heteroatoms. The zero-order chi connectivity index (χ0) is 20.1. The summed E-state index contributed by atoms with van der Waals surface area (Å²) in [7, 11) is 0. The summed E-state index contributed by atoms with van der Waals surface area (Å²) in [6.45, 7) is 8.74. The highest BCUT2D eigenvalue weighted by atomic mass is 32.1. The van der Waals surface area contributed by atoms with E-state index in [1.807, 2.05) is 26.8 Å². The van der Waals surface area contributed by atoms with Crippen molar-refractivity contribution in [2.24, 2.45) is 4.99 Å². The number of hydrogen-bond donors (Lipinski definition) is 2. The van der Waals surface area contributed by atoms with Crippen LogP contribution in [0.1, 0.15) is 65.1 Å². The number of nitrogens with zero attached hydrogens (tertiary/aromatic N) is 2. The van der Waals surface area contributed by atoms with Gasteiger partial charge in [-0.05, 0) is 39.7 Å². The average Bonchev–Trinajstić information content (AvgIpc) is 3.33. The van der Waals surface area contributed by atoms with Crippen molar-refractivity contribution in [3.05, 3.63) is 51.5 Å². The third kappa shape index (κ3) is 4.90. The number of aliphatic imine (C=N–C) groups is 1. The first-order valence-electron chi connectivity index (χ1n) is 9.80. The summed E-state index contributed by atoms with van der Waals surface area (Å²) < 4.78 is 5.11. The van der Waals surface area contributed by atoms with Crippen molar-refractivity contribution in [3.63, 3.8) is 0 Å². The monoisotopic (exact) mass is 400 g/mol. The van der Waals surface area contributed by atoms with Crippen LogP contribution in [-0.2, 0) is 4.74 Å². The lowest BCUT2D eigenvalue weighted by Crippen LogP contribution is -2.40. The minimum atomic E-state index is -0.305. The maximum atomic E-state index is 12.0. The predicted molar refractivity (Wildman–Crippen MR) is 113 cm³/mol. The lowest BCUT2D eigenvalue weighted by atomic mass is 10.1. The van der Waals surface area contributed by atoms with E-state index in [0.717, 1.165) is 17.4 Å². The van der Waals surface area contributed by atoms with Gasteiger partial charge in [0.2, 0.25) is 0 Å². The number of carbonyl (C=O) groups excluding carboxylic acids is 1. The summed E-state index contributed by atoms with van der Waals surface area (Å²) in [6.07, 6.45) is 1.10. The topological polar surface area (TPSA) is 75.6 Å². The van der Waals surface area contributed by atoms with Gasteiger partial charge >= 0.3 is 5.97 Å². The van der Waals surface area contributed by atoms with Crippen LogP contribution in [0.15, 0.2) is 35.3 Å². The molecule has 3 rings (SSSR count). The second-order valence-electron chi connectivity index (χ2n) is 6.88. The zero-order valence-corrected chi connectivity index (χ0v) is 17.7. The molecule has 0 aliphatic heterocycles. The molecule has 0 amide bonds. The SMILES string of the molecule is CCN=C(NC(C)c1nc(C)c(C(=O)OCC)s1)NC1CC1c1ccccc1. The molecule has 1 saturated carbocycles. The molecule has 1 aromatic heterocycles. The fourth-order valence-corrected chi connectivity index (χ4v) is 4.11. The molecule has 0 saturated heterocycles. The second kappa shape index (κ2) is 9.19. The summed E-state index contributed by atoms with van der Waals surface area (Å²) in [5.41, 5.74) is 2.07. The number of rotatable bonds is 7. The van der Waals surface area contributed by atoms with E-state index in [9.17, 15) is 4.79 Å². The first kappa shape index (κ1) is 20.3. The molecular weight excluding hydrogens is 372 g/mol. The maximum absolute atomic E-state index is 12.0. The third-order valence-electron chi connectivity index (χ3n) is 4.65. The molecule has 2 aromatic rings. The van der Waals surface area contributed by atoms with Crippen molar-refractivity contribution in [2.75, 3.05) is 13.2 Å². The summed E-state index contributed by atoms with van der Waals surface area (Å²) in [5, 5.41) is 7.80. The number of benzene rings is 1. The highest BCUT2D eigenvalue weighted by molar-refractivity contribution is 7.13. The Morgan fingerprint density at radius 3 is 2.79 bits per heavy atom. The number of nitrogens with one attached hydrogen (secondary N) is 2. The third-order valence-corrected chi connectivity index (χ3v) is 5.97. The molecule has 0 spiro atoms. The molecule has 1 aromatic carbocycles. The average molecular weight is 401 g/mol. The van der Waals surface area contributed by atoms with Crippen molar-refractivity contribution >= 4 is 23.3 Å². The molecule has 150 valence electrons. The quantitative estimate of drug-likeness (QED) is 0.420. The Morgan fingerprint density at radius 2 is 2.11 bits per heavy atom. The molecule has 2 N–H and O–H groups in total. The van der Waals surface area contributed by atoms with Gasteiger partial charge in [0.05, 0.1) is 18.3 Å². The van der Waals surface area contributed by atoms with Gasteiger partial charge in [0.25, 0.3) is 0 Å². The smallest absolute Gasteiger partial charge is 0.350 e. The van der Waals surface area contributed by atoms with E-state index in [1.165, 1.54) is 16.9 Å². The fraction of sp³-hybridized carbons (Fsp3) is 0.476. The Balaban J connectivity index is 1.62. The van der Waals surface area contributed by atoms with E-state index in [2.05, 4.69) is 44.9 Å². The first-order chi connectivity index (χ1) is 13.5. The molecule has 1 fully saturated rings. The second-order valence-corrected chi connectivity index (χ2v) is 7.91. The highest BCUT2D eigenvalue weighted by Crippen LogP contribution is 2.40. The van der Waals surface area contributed by atoms with E-state index in [0.29, 0.717) is 35.7 Å². The van der Waals surface area contributed by atoms with E-state index in [4.69, 9.17) is 4.74 Å². The van der Waals surface area contributed by atoms with E-state index in [-0.39, 0.29) is 12.0 Å². The molecule has 1 aliphatic carbocycles. The van der Waals surface area contributed by atoms with Crippen LogP contribution >= 0.6 is 11.3 Å². The Kier molecular flexibility index (Phi) is 6.67. The maximum Gasteiger partial charge on any atom is 0.350 e. The molecule has 0 radical (unpaired) electrons. The molecule has 1 heterocycles. The van der Waals surface area contributed by atoms with Crippen LogP contribution in [0.5, 0.6) is 0 Å².